The molecule has 1 amide bonds. The van der Waals surface area contributed by atoms with E-state index < -0.39 is 0 Å². The Morgan fingerprint density at radius 3 is 2.47 bits per heavy atom. The normalized spacial score (nSPS) is 27.2. The van der Waals surface area contributed by atoms with Gasteiger partial charge in [-0.25, -0.2) is 0 Å². The summed E-state index contributed by atoms with van der Waals surface area (Å²) in [7, 11) is 0. The molecule has 2 atom stereocenters. The average molecular weight is 266 g/mol. The van der Waals surface area contributed by atoms with Crippen LogP contribution in [0.25, 0.3) is 0 Å². The molecule has 1 aliphatic heterocycles. The van der Waals surface area contributed by atoms with Gasteiger partial charge in [-0.05, 0) is 57.5 Å². The van der Waals surface area contributed by atoms with E-state index in [-0.39, 0.29) is 11.3 Å². The molecule has 3 heteroatoms. The van der Waals surface area contributed by atoms with Crippen molar-refractivity contribution in [1.82, 2.24) is 10.6 Å². The van der Waals surface area contributed by atoms with Crippen LogP contribution in [0.4, 0.5) is 0 Å². The Labute approximate surface area is 117 Å². The van der Waals surface area contributed by atoms with Gasteiger partial charge in [0.1, 0.15) is 0 Å². The predicted molar refractivity (Wildman–Crippen MR) is 78.9 cm³/mol. The van der Waals surface area contributed by atoms with Gasteiger partial charge in [0.25, 0.3) is 0 Å². The fraction of sp³-hybridized carbons (Fsp3) is 0.938. The van der Waals surface area contributed by atoms with Crippen LogP contribution in [-0.2, 0) is 4.79 Å². The van der Waals surface area contributed by atoms with E-state index in [2.05, 4.69) is 31.4 Å². The van der Waals surface area contributed by atoms with Crippen molar-refractivity contribution in [2.75, 3.05) is 13.1 Å². The summed E-state index contributed by atoms with van der Waals surface area (Å²) < 4.78 is 0. The number of carbonyl (C=O) groups is 1. The number of carbonyl (C=O) groups excluding carboxylic acids is 1. The van der Waals surface area contributed by atoms with Gasteiger partial charge in [0.2, 0.25) is 5.91 Å². The molecule has 0 radical (unpaired) electrons. The Balaban J connectivity index is 1.89. The fourth-order valence-corrected chi connectivity index (χ4v) is 3.62. The fourth-order valence-electron chi connectivity index (χ4n) is 3.62. The number of hydrogen-bond donors (Lipinski definition) is 2. The van der Waals surface area contributed by atoms with Gasteiger partial charge in [-0.15, -0.1) is 0 Å². The lowest BCUT2D eigenvalue weighted by atomic mass is 9.74. The van der Waals surface area contributed by atoms with Gasteiger partial charge in [0.15, 0.2) is 0 Å². The molecule has 110 valence electrons. The Bertz CT molecular complexity index is 302. The quantitative estimate of drug-likeness (QED) is 0.821. The molecule has 2 rings (SSSR count). The summed E-state index contributed by atoms with van der Waals surface area (Å²) >= 11 is 0. The third kappa shape index (κ3) is 3.50. The maximum Gasteiger partial charge on any atom is 0.226 e. The van der Waals surface area contributed by atoms with Crippen LogP contribution in [-0.4, -0.2) is 25.0 Å². The Hall–Kier alpha value is -0.570. The SMILES string of the molecule is C[C@@H](NC(=O)C(C)(C)C1CCCNC1)C1CCCC1. The van der Waals surface area contributed by atoms with E-state index in [1.807, 2.05) is 0 Å². The zero-order chi connectivity index (χ0) is 13.9. The summed E-state index contributed by atoms with van der Waals surface area (Å²) in [4.78, 5) is 12.6. The van der Waals surface area contributed by atoms with Crippen molar-refractivity contribution in [1.29, 1.82) is 0 Å². The highest BCUT2D eigenvalue weighted by atomic mass is 16.2. The second-order valence-corrected chi connectivity index (χ2v) is 7.07. The molecule has 2 N–H and O–H groups in total. The van der Waals surface area contributed by atoms with Gasteiger partial charge >= 0.3 is 0 Å². The van der Waals surface area contributed by atoms with Gasteiger partial charge < -0.3 is 10.6 Å². The molecule has 2 fully saturated rings. The summed E-state index contributed by atoms with van der Waals surface area (Å²) in [6.07, 6.45) is 7.60. The zero-order valence-electron chi connectivity index (χ0n) is 12.8. The molecule has 3 nitrogen and oxygen atoms in total. The van der Waals surface area contributed by atoms with Gasteiger partial charge in [0.05, 0.1) is 0 Å². The molecule has 0 aromatic heterocycles. The molecule has 1 heterocycles. The van der Waals surface area contributed by atoms with E-state index in [0.717, 1.165) is 13.1 Å². The molecule has 1 unspecified atom stereocenters. The number of rotatable bonds is 4. The van der Waals surface area contributed by atoms with Crippen molar-refractivity contribution in [3.63, 3.8) is 0 Å². The highest BCUT2D eigenvalue weighted by Gasteiger charge is 2.38. The molecular formula is C16H30N2O. The van der Waals surface area contributed by atoms with Gasteiger partial charge in [-0.1, -0.05) is 26.7 Å². The first kappa shape index (κ1) is 14.8. The lowest BCUT2D eigenvalue weighted by molar-refractivity contribution is -0.133. The third-order valence-corrected chi connectivity index (χ3v) is 5.37. The Morgan fingerprint density at radius 2 is 1.89 bits per heavy atom. The smallest absolute Gasteiger partial charge is 0.226 e. The topological polar surface area (TPSA) is 41.1 Å². The molecule has 2 aliphatic rings. The number of hydrogen-bond acceptors (Lipinski definition) is 2. The highest BCUT2D eigenvalue weighted by molar-refractivity contribution is 5.82. The van der Waals surface area contributed by atoms with Crippen LogP contribution in [0.2, 0.25) is 0 Å². The van der Waals surface area contributed by atoms with Gasteiger partial charge in [-0.3, -0.25) is 4.79 Å². The van der Waals surface area contributed by atoms with Crippen molar-refractivity contribution in [2.24, 2.45) is 17.3 Å². The summed E-state index contributed by atoms with van der Waals surface area (Å²) in [5, 5.41) is 6.72. The van der Waals surface area contributed by atoms with Gasteiger partial charge in [0, 0.05) is 11.5 Å². The second kappa shape index (κ2) is 6.25. The third-order valence-electron chi connectivity index (χ3n) is 5.37. The Kier molecular flexibility index (Phi) is 4.88. The molecule has 1 saturated heterocycles. The number of piperidine rings is 1. The van der Waals surface area contributed by atoms with Crippen LogP contribution in [0, 0.1) is 17.3 Å². The lowest BCUT2D eigenvalue weighted by Gasteiger charge is -2.37. The molecule has 1 aliphatic carbocycles. The van der Waals surface area contributed by atoms with E-state index in [9.17, 15) is 4.79 Å². The Morgan fingerprint density at radius 1 is 1.21 bits per heavy atom. The van der Waals surface area contributed by atoms with Crippen LogP contribution >= 0.6 is 0 Å². The van der Waals surface area contributed by atoms with E-state index in [0.29, 0.717) is 17.9 Å². The van der Waals surface area contributed by atoms with Crippen molar-refractivity contribution >= 4 is 5.91 Å². The van der Waals surface area contributed by atoms with Crippen LogP contribution in [0.15, 0.2) is 0 Å². The zero-order valence-corrected chi connectivity index (χ0v) is 12.8. The molecule has 1 saturated carbocycles. The minimum Gasteiger partial charge on any atom is -0.353 e. The van der Waals surface area contributed by atoms with E-state index in [1.165, 1.54) is 38.5 Å². The minimum absolute atomic E-state index is 0.250. The second-order valence-electron chi connectivity index (χ2n) is 7.07. The van der Waals surface area contributed by atoms with Crippen molar-refractivity contribution in [2.45, 2.75) is 65.3 Å². The lowest BCUT2D eigenvalue weighted by Crippen LogP contribution is -2.50. The van der Waals surface area contributed by atoms with Crippen molar-refractivity contribution in [3.8, 4) is 0 Å². The van der Waals surface area contributed by atoms with Gasteiger partial charge in [-0.2, -0.15) is 0 Å². The first-order valence-corrected chi connectivity index (χ1v) is 8.03. The van der Waals surface area contributed by atoms with Crippen LogP contribution < -0.4 is 10.6 Å². The molecule has 0 aromatic carbocycles. The standard InChI is InChI=1S/C16H30N2O/c1-12(13-7-4-5-8-13)18-15(19)16(2,3)14-9-6-10-17-11-14/h12-14,17H,4-11H2,1-3H3,(H,18,19)/t12-,14?/m1/s1. The maximum absolute atomic E-state index is 12.6. The molecule has 0 bridgehead atoms. The summed E-state index contributed by atoms with van der Waals surface area (Å²) in [6.45, 7) is 8.50. The summed E-state index contributed by atoms with van der Waals surface area (Å²) in [5.41, 5.74) is -0.250. The van der Waals surface area contributed by atoms with Crippen LogP contribution in [0.5, 0.6) is 0 Å². The minimum atomic E-state index is -0.250. The van der Waals surface area contributed by atoms with E-state index >= 15 is 0 Å². The first-order valence-electron chi connectivity index (χ1n) is 8.03. The molecule has 0 aromatic rings. The highest BCUT2D eigenvalue weighted by Crippen LogP contribution is 2.33. The first-order chi connectivity index (χ1) is 9.01. The predicted octanol–water partition coefficient (Wildman–Crippen LogP) is 2.71. The monoisotopic (exact) mass is 266 g/mol. The summed E-state index contributed by atoms with van der Waals surface area (Å²) in [6, 6.07) is 0.339. The van der Waals surface area contributed by atoms with Crippen LogP contribution in [0.1, 0.15) is 59.3 Å². The summed E-state index contributed by atoms with van der Waals surface area (Å²) in [5.74, 6) is 1.42. The molecular weight excluding hydrogens is 236 g/mol. The largest absolute Gasteiger partial charge is 0.353 e. The van der Waals surface area contributed by atoms with Crippen molar-refractivity contribution < 1.29 is 4.79 Å². The molecule has 19 heavy (non-hydrogen) atoms. The van der Waals surface area contributed by atoms with Crippen molar-refractivity contribution in [3.05, 3.63) is 0 Å². The number of nitrogens with one attached hydrogen (secondary N) is 2. The van der Waals surface area contributed by atoms with Crippen LogP contribution in [0.3, 0.4) is 0 Å². The number of amides is 1. The van der Waals surface area contributed by atoms with E-state index in [4.69, 9.17) is 0 Å². The maximum atomic E-state index is 12.6. The molecule has 0 spiro atoms. The average Bonchev–Trinajstić information content (AvgIpc) is 2.93. The van der Waals surface area contributed by atoms with E-state index in [1.54, 1.807) is 0 Å².